The fraction of sp³-hybridized carbons (Fsp3) is 0.500. The molecule has 0 saturated carbocycles. The van der Waals surface area contributed by atoms with Gasteiger partial charge >= 0.3 is 17.8 Å². The number of nitrogens with one attached hydrogen (secondary N) is 1. The number of halogens is 3. The number of amides is 1. The smallest absolute Gasteiger partial charge is 0.394 e. The largest absolute Gasteiger partial charge is 0.471 e. The van der Waals surface area contributed by atoms with Gasteiger partial charge in [0, 0.05) is 6.20 Å². The van der Waals surface area contributed by atoms with Gasteiger partial charge in [-0.2, -0.15) is 18.2 Å². The Morgan fingerprint density at radius 3 is 2.63 bits per heavy atom. The van der Waals surface area contributed by atoms with Crippen molar-refractivity contribution in [2.24, 2.45) is 0 Å². The highest BCUT2D eigenvalue weighted by atomic mass is 19.4. The number of nitrogens with two attached hydrogens (primary N) is 1. The van der Waals surface area contributed by atoms with Crippen LogP contribution in [0.2, 0.25) is 0 Å². The maximum atomic E-state index is 12.1. The molecule has 1 aliphatic rings. The maximum Gasteiger partial charge on any atom is 0.471 e. The summed E-state index contributed by atoms with van der Waals surface area (Å²) in [7, 11) is 0. The van der Waals surface area contributed by atoms with Crippen LogP contribution >= 0.6 is 0 Å². The van der Waals surface area contributed by atoms with Crippen LogP contribution in [0.1, 0.15) is 11.8 Å². The van der Waals surface area contributed by atoms with E-state index < -0.39 is 55.5 Å². The van der Waals surface area contributed by atoms with Crippen molar-refractivity contribution >= 4 is 11.7 Å². The van der Waals surface area contributed by atoms with Gasteiger partial charge in [0.1, 0.15) is 24.1 Å². The lowest BCUT2D eigenvalue weighted by molar-refractivity contribution is -0.173. The number of hydrogen-bond donors (Lipinski definition) is 5. The minimum absolute atomic E-state index is 0.0893. The average Bonchev–Trinajstić information content (AvgIpc) is 2.87. The highest BCUT2D eigenvalue weighted by Crippen LogP contribution is 2.28. The Bertz CT molecular complexity index is 831. The third kappa shape index (κ3) is 4.55. The third-order valence-electron chi connectivity index (χ3n) is 3.59. The van der Waals surface area contributed by atoms with Gasteiger partial charge in [-0.25, -0.2) is 4.79 Å². The molecule has 0 bridgehead atoms. The van der Waals surface area contributed by atoms with Crippen molar-refractivity contribution in [1.82, 2.24) is 14.9 Å². The number of nitrogens with zero attached hydrogens (tertiary/aromatic N) is 2. The lowest BCUT2D eigenvalue weighted by Gasteiger charge is -2.17. The quantitative estimate of drug-likeness (QED) is 0.352. The van der Waals surface area contributed by atoms with E-state index in [0.717, 1.165) is 10.8 Å². The predicted molar refractivity (Wildman–Crippen MR) is 81.9 cm³/mol. The molecule has 1 fully saturated rings. The van der Waals surface area contributed by atoms with Crippen LogP contribution in [0.4, 0.5) is 19.0 Å². The summed E-state index contributed by atoms with van der Waals surface area (Å²) in [5.74, 6) is 2.04. The van der Waals surface area contributed by atoms with E-state index >= 15 is 0 Å². The molecule has 10 nitrogen and oxygen atoms in total. The summed E-state index contributed by atoms with van der Waals surface area (Å²) in [6.45, 7) is -1.26. The predicted octanol–water partition coefficient (Wildman–Crippen LogP) is -2.53. The van der Waals surface area contributed by atoms with Gasteiger partial charge in [0.05, 0.1) is 18.7 Å². The molecule has 6 N–H and O–H groups in total. The molecular formula is C14H15F3N4O6. The van der Waals surface area contributed by atoms with Gasteiger partial charge in [-0.05, 0) is 0 Å². The molecule has 0 aromatic carbocycles. The number of aliphatic hydroxyl groups is 3. The van der Waals surface area contributed by atoms with E-state index in [-0.39, 0.29) is 11.4 Å². The van der Waals surface area contributed by atoms with E-state index in [1.807, 2.05) is 0 Å². The molecule has 2 rings (SSSR count). The normalized spacial score (nSPS) is 25.0. The molecule has 0 spiro atoms. The van der Waals surface area contributed by atoms with E-state index in [9.17, 15) is 33.0 Å². The molecule has 1 saturated heterocycles. The van der Waals surface area contributed by atoms with Crippen molar-refractivity contribution in [3.8, 4) is 11.8 Å². The minimum Gasteiger partial charge on any atom is -0.394 e. The second-order valence-electron chi connectivity index (χ2n) is 5.44. The number of carbonyl (C=O) groups is 1. The topological polar surface area (TPSA) is 160 Å². The Balaban J connectivity index is 2.21. The van der Waals surface area contributed by atoms with E-state index in [0.29, 0.717) is 0 Å². The zero-order chi connectivity index (χ0) is 20.4. The maximum absolute atomic E-state index is 12.1. The van der Waals surface area contributed by atoms with E-state index in [1.54, 1.807) is 0 Å². The SMILES string of the molecule is Nc1nc(=O)n([C@@H]2O[C@H](CO)[C@H](O)C2O)cc1C#CCNC(=O)C(F)(F)F. The van der Waals surface area contributed by atoms with Gasteiger partial charge in [0.2, 0.25) is 0 Å². The minimum atomic E-state index is -5.05. The molecule has 148 valence electrons. The summed E-state index contributed by atoms with van der Waals surface area (Å²) >= 11 is 0. The monoisotopic (exact) mass is 392 g/mol. The number of rotatable bonds is 3. The fourth-order valence-corrected chi connectivity index (χ4v) is 2.23. The Labute approximate surface area is 149 Å². The second kappa shape index (κ2) is 7.92. The molecule has 4 atom stereocenters. The van der Waals surface area contributed by atoms with Crippen molar-refractivity contribution in [3.05, 3.63) is 22.2 Å². The standard InChI is InChI=1S/C14H15F3N4O6/c15-14(16,17)12(25)19-3-1-2-6-4-21(13(26)20-10(6)18)11-9(24)8(23)7(5-22)27-11/h4,7-9,11,22-24H,3,5H2,(H,19,25)(H2,18,20,26)/t7-,8+,9?,11-/m1/s1. The number of hydrogen-bond acceptors (Lipinski definition) is 8. The van der Waals surface area contributed by atoms with Crippen LogP contribution in [0.25, 0.3) is 0 Å². The molecule has 1 unspecified atom stereocenters. The number of anilines is 1. The summed E-state index contributed by atoms with van der Waals surface area (Å²) in [6, 6.07) is 0. The van der Waals surface area contributed by atoms with E-state index in [1.165, 1.54) is 5.32 Å². The van der Waals surface area contributed by atoms with Crippen LogP contribution < -0.4 is 16.7 Å². The van der Waals surface area contributed by atoms with Crippen LogP contribution in [-0.2, 0) is 9.53 Å². The molecule has 0 aliphatic carbocycles. The zero-order valence-electron chi connectivity index (χ0n) is 13.5. The van der Waals surface area contributed by atoms with Gasteiger partial charge in [-0.1, -0.05) is 11.8 Å². The lowest BCUT2D eigenvalue weighted by atomic mass is 10.1. The Morgan fingerprint density at radius 2 is 2.07 bits per heavy atom. The fourth-order valence-electron chi connectivity index (χ4n) is 2.23. The zero-order valence-corrected chi connectivity index (χ0v) is 13.5. The molecule has 1 aromatic rings. The summed E-state index contributed by atoms with van der Waals surface area (Å²) < 4.78 is 42.1. The Kier molecular flexibility index (Phi) is 6.06. The van der Waals surface area contributed by atoms with E-state index in [4.69, 9.17) is 15.6 Å². The summed E-state index contributed by atoms with van der Waals surface area (Å²) in [6.07, 6.45) is -9.56. The first-order valence-electron chi connectivity index (χ1n) is 7.41. The highest BCUT2D eigenvalue weighted by Gasteiger charge is 2.44. The van der Waals surface area contributed by atoms with Crippen molar-refractivity contribution in [3.63, 3.8) is 0 Å². The van der Waals surface area contributed by atoms with Crippen LogP contribution in [-0.4, -0.2) is 68.4 Å². The highest BCUT2D eigenvalue weighted by molar-refractivity contribution is 5.81. The molecular weight excluding hydrogens is 377 g/mol. The number of ether oxygens (including phenoxy) is 1. The number of carbonyl (C=O) groups excluding carboxylic acids is 1. The number of aliphatic hydroxyl groups excluding tert-OH is 3. The number of nitrogen functional groups attached to an aromatic ring is 1. The summed E-state index contributed by atoms with van der Waals surface area (Å²) in [4.78, 5) is 26.1. The molecule has 1 amide bonds. The summed E-state index contributed by atoms with van der Waals surface area (Å²) in [5, 5.41) is 30.3. The first-order valence-corrected chi connectivity index (χ1v) is 7.41. The number of aromatic nitrogens is 2. The van der Waals surface area contributed by atoms with Gasteiger partial charge in [0.25, 0.3) is 0 Å². The first kappa shape index (κ1) is 20.6. The molecule has 2 heterocycles. The molecule has 0 radical (unpaired) electrons. The van der Waals surface area contributed by atoms with Crippen LogP contribution in [0, 0.1) is 11.8 Å². The molecule has 1 aromatic heterocycles. The first-order chi connectivity index (χ1) is 12.6. The van der Waals surface area contributed by atoms with Gasteiger partial charge < -0.3 is 31.1 Å². The summed E-state index contributed by atoms with van der Waals surface area (Å²) in [5.41, 5.74) is 4.49. The van der Waals surface area contributed by atoms with Gasteiger partial charge in [-0.15, -0.1) is 0 Å². The second-order valence-corrected chi connectivity index (χ2v) is 5.44. The van der Waals surface area contributed by atoms with Crippen LogP contribution in [0.5, 0.6) is 0 Å². The van der Waals surface area contributed by atoms with Crippen molar-refractivity contribution in [2.45, 2.75) is 30.7 Å². The lowest BCUT2D eigenvalue weighted by Crippen LogP contribution is -2.37. The van der Waals surface area contributed by atoms with Crippen LogP contribution in [0.15, 0.2) is 11.0 Å². The van der Waals surface area contributed by atoms with Crippen molar-refractivity contribution in [2.75, 3.05) is 18.9 Å². The average molecular weight is 392 g/mol. The van der Waals surface area contributed by atoms with E-state index in [2.05, 4.69) is 16.8 Å². The third-order valence-corrected chi connectivity index (χ3v) is 3.59. The van der Waals surface area contributed by atoms with Crippen molar-refractivity contribution < 1.29 is 38.0 Å². The van der Waals surface area contributed by atoms with Gasteiger partial charge in [0.15, 0.2) is 6.23 Å². The number of alkyl halides is 3. The van der Waals surface area contributed by atoms with Crippen LogP contribution in [0.3, 0.4) is 0 Å². The molecule has 13 heteroatoms. The van der Waals surface area contributed by atoms with Crippen molar-refractivity contribution in [1.29, 1.82) is 0 Å². The van der Waals surface area contributed by atoms with Gasteiger partial charge in [-0.3, -0.25) is 9.36 Å². The molecule has 1 aliphatic heterocycles. The Morgan fingerprint density at radius 1 is 1.41 bits per heavy atom. The molecule has 27 heavy (non-hydrogen) atoms. The Hall–Kier alpha value is -2.66.